The summed E-state index contributed by atoms with van der Waals surface area (Å²) < 4.78 is 6.50. The van der Waals surface area contributed by atoms with Gasteiger partial charge in [0.05, 0.1) is 5.52 Å². The predicted molar refractivity (Wildman–Crippen MR) is 101 cm³/mol. The molecule has 3 aromatic carbocycles. The number of benzene rings is 3. The quantitative estimate of drug-likeness (QED) is 0.611. The summed E-state index contributed by atoms with van der Waals surface area (Å²) >= 11 is 0. The third-order valence-electron chi connectivity index (χ3n) is 4.16. The standard InChI is InChI=1S/C21H16N2O3/c24-20(14-23-18-12-6-7-13-19(18)26-21(23)25)22-17-11-5-4-10-16(17)15-8-2-1-3-9-15/h1-13H,14H2,(H,22,24). The number of nitrogens with zero attached hydrogens (tertiary/aromatic N) is 1. The number of aromatic nitrogens is 1. The summed E-state index contributed by atoms with van der Waals surface area (Å²) in [4.78, 5) is 24.6. The van der Waals surface area contributed by atoms with Gasteiger partial charge in [-0.1, -0.05) is 60.7 Å². The monoisotopic (exact) mass is 344 g/mol. The summed E-state index contributed by atoms with van der Waals surface area (Å²) in [5.41, 5.74) is 3.70. The molecule has 0 bridgehead atoms. The second kappa shape index (κ2) is 6.72. The molecule has 0 radical (unpaired) electrons. The first-order valence-electron chi connectivity index (χ1n) is 8.25. The molecule has 26 heavy (non-hydrogen) atoms. The normalized spacial score (nSPS) is 10.8. The molecule has 5 heteroatoms. The Balaban J connectivity index is 1.62. The average molecular weight is 344 g/mol. The smallest absolute Gasteiger partial charge is 0.408 e. The van der Waals surface area contributed by atoms with E-state index in [0.29, 0.717) is 16.8 Å². The fourth-order valence-electron chi connectivity index (χ4n) is 2.96. The number of hydrogen-bond acceptors (Lipinski definition) is 3. The van der Waals surface area contributed by atoms with Crippen molar-refractivity contribution in [1.82, 2.24) is 4.57 Å². The Morgan fingerprint density at radius 3 is 2.42 bits per heavy atom. The molecule has 0 aliphatic rings. The number of oxazole rings is 1. The molecule has 0 unspecified atom stereocenters. The van der Waals surface area contributed by atoms with Crippen LogP contribution in [0.1, 0.15) is 0 Å². The molecule has 4 aromatic rings. The van der Waals surface area contributed by atoms with E-state index >= 15 is 0 Å². The molecule has 1 aromatic heterocycles. The van der Waals surface area contributed by atoms with Crippen LogP contribution in [0.2, 0.25) is 0 Å². The van der Waals surface area contributed by atoms with Gasteiger partial charge in [-0.25, -0.2) is 4.79 Å². The van der Waals surface area contributed by atoms with Crippen molar-refractivity contribution in [3.05, 3.63) is 89.4 Å². The van der Waals surface area contributed by atoms with Crippen molar-refractivity contribution in [3.63, 3.8) is 0 Å². The summed E-state index contributed by atoms with van der Waals surface area (Å²) in [5, 5.41) is 2.90. The maximum atomic E-state index is 12.5. The minimum Gasteiger partial charge on any atom is -0.408 e. The van der Waals surface area contributed by atoms with Gasteiger partial charge in [0.2, 0.25) is 5.91 Å². The van der Waals surface area contributed by atoms with E-state index in [0.717, 1.165) is 11.1 Å². The maximum absolute atomic E-state index is 12.5. The zero-order chi connectivity index (χ0) is 17.9. The van der Waals surface area contributed by atoms with E-state index in [4.69, 9.17) is 4.42 Å². The van der Waals surface area contributed by atoms with Crippen molar-refractivity contribution in [2.45, 2.75) is 6.54 Å². The number of amides is 1. The Kier molecular flexibility index (Phi) is 4.11. The van der Waals surface area contributed by atoms with Crippen LogP contribution >= 0.6 is 0 Å². The lowest BCUT2D eigenvalue weighted by atomic mass is 10.0. The number of carbonyl (C=O) groups excluding carboxylic acids is 1. The molecule has 0 saturated heterocycles. The Labute approximate surface area is 149 Å². The first kappa shape index (κ1) is 15.9. The minimum atomic E-state index is -0.544. The summed E-state index contributed by atoms with van der Waals surface area (Å²) in [6, 6.07) is 24.4. The van der Waals surface area contributed by atoms with Gasteiger partial charge in [-0.3, -0.25) is 9.36 Å². The molecule has 0 atom stereocenters. The summed E-state index contributed by atoms with van der Waals surface area (Å²) in [7, 11) is 0. The molecule has 5 nitrogen and oxygen atoms in total. The van der Waals surface area contributed by atoms with Crippen LogP contribution in [0.25, 0.3) is 22.2 Å². The molecule has 1 heterocycles. The van der Waals surface area contributed by atoms with Crippen LogP contribution in [-0.2, 0) is 11.3 Å². The topological polar surface area (TPSA) is 64.2 Å². The largest absolute Gasteiger partial charge is 0.420 e. The van der Waals surface area contributed by atoms with Gasteiger partial charge in [0.15, 0.2) is 5.58 Å². The molecule has 4 rings (SSSR count). The van der Waals surface area contributed by atoms with E-state index in [2.05, 4.69) is 5.32 Å². The van der Waals surface area contributed by atoms with Crippen molar-refractivity contribution in [2.24, 2.45) is 0 Å². The summed E-state index contributed by atoms with van der Waals surface area (Å²) in [5.74, 6) is -0.834. The van der Waals surface area contributed by atoms with Crippen molar-refractivity contribution in [2.75, 3.05) is 5.32 Å². The molecule has 0 spiro atoms. The molecule has 1 amide bonds. The van der Waals surface area contributed by atoms with Crippen molar-refractivity contribution < 1.29 is 9.21 Å². The number of fused-ring (bicyclic) bond motifs is 1. The lowest BCUT2D eigenvalue weighted by molar-refractivity contribution is -0.116. The van der Waals surface area contributed by atoms with E-state index in [1.54, 1.807) is 24.3 Å². The van der Waals surface area contributed by atoms with Gasteiger partial charge in [0.1, 0.15) is 6.54 Å². The zero-order valence-corrected chi connectivity index (χ0v) is 13.9. The second-order valence-electron chi connectivity index (χ2n) is 5.88. The molecular formula is C21H16N2O3. The number of nitrogens with one attached hydrogen (secondary N) is 1. The first-order valence-corrected chi connectivity index (χ1v) is 8.25. The van der Waals surface area contributed by atoms with Gasteiger partial charge in [-0.15, -0.1) is 0 Å². The number of rotatable bonds is 4. The lowest BCUT2D eigenvalue weighted by Crippen LogP contribution is -2.25. The molecule has 0 aliphatic carbocycles. The Morgan fingerprint density at radius 1 is 0.885 bits per heavy atom. The second-order valence-corrected chi connectivity index (χ2v) is 5.88. The van der Waals surface area contributed by atoms with Gasteiger partial charge in [0.25, 0.3) is 0 Å². The molecule has 0 fully saturated rings. The number of anilines is 1. The van der Waals surface area contributed by atoms with Crippen LogP contribution in [0.3, 0.4) is 0 Å². The van der Waals surface area contributed by atoms with Crippen LogP contribution in [-0.4, -0.2) is 10.5 Å². The van der Waals surface area contributed by atoms with Gasteiger partial charge in [-0.05, 0) is 23.8 Å². The highest BCUT2D eigenvalue weighted by Crippen LogP contribution is 2.27. The van der Waals surface area contributed by atoms with E-state index in [1.165, 1.54) is 4.57 Å². The fraction of sp³-hybridized carbons (Fsp3) is 0.0476. The Morgan fingerprint density at radius 2 is 1.58 bits per heavy atom. The third-order valence-corrected chi connectivity index (χ3v) is 4.16. The molecule has 1 N–H and O–H groups in total. The Bertz CT molecular complexity index is 1130. The first-order chi connectivity index (χ1) is 12.7. The average Bonchev–Trinajstić information content (AvgIpc) is 2.98. The molecule has 0 saturated carbocycles. The van der Waals surface area contributed by atoms with Crippen LogP contribution in [0.15, 0.2) is 88.1 Å². The number of carbonyl (C=O) groups is 1. The molecular weight excluding hydrogens is 328 g/mol. The van der Waals surface area contributed by atoms with Crippen LogP contribution in [0, 0.1) is 0 Å². The van der Waals surface area contributed by atoms with E-state index < -0.39 is 5.76 Å². The molecule has 128 valence electrons. The van der Waals surface area contributed by atoms with Crippen LogP contribution < -0.4 is 11.1 Å². The van der Waals surface area contributed by atoms with Crippen molar-refractivity contribution >= 4 is 22.7 Å². The maximum Gasteiger partial charge on any atom is 0.420 e. The number of para-hydroxylation sites is 3. The van der Waals surface area contributed by atoms with E-state index in [1.807, 2.05) is 54.6 Å². The summed E-state index contributed by atoms with van der Waals surface area (Å²) in [6.45, 7) is -0.112. The Hall–Kier alpha value is -3.60. The van der Waals surface area contributed by atoms with Gasteiger partial charge < -0.3 is 9.73 Å². The summed E-state index contributed by atoms with van der Waals surface area (Å²) in [6.07, 6.45) is 0. The third kappa shape index (κ3) is 3.02. The van der Waals surface area contributed by atoms with Gasteiger partial charge >= 0.3 is 5.76 Å². The predicted octanol–water partition coefficient (Wildman–Crippen LogP) is 3.90. The van der Waals surface area contributed by atoms with Crippen molar-refractivity contribution in [1.29, 1.82) is 0 Å². The number of hydrogen-bond donors (Lipinski definition) is 1. The highest BCUT2D eigenvalue weighted by atomic mass is 16.4. The SMILES string of the molecule is O=C(Cn1c(=O)oc2ccccc21)Nc1ccccc1-c1ccccc1. The lowest BCUT2D eigenvalue weighted by Gasteiger charge is -2.11. The highest BCUT2D eigenvalue weighted by molar-refractivity contribution is 5.95. The van der Waals surface area contributed by atoms with E-state index in [-0.39, 0.29) is 12.5 Å². The van der Waals surface area contributed by atoms with Crippen LogP contribution in [0.5, 0.6) is 0 Å². The van der Waals surface area contributed by atoms with Crippen LogP contribution in [0.4, 0.5) is 5.69 Å². The zero-order valence-electron chi connectivity index (χ0n) is 13.9. The van der Waals surface area contributed by atoms with Gasteiger partial charge in [-0.2, -0.15) is 0 Å². The minimum absolute atomic E-state index is 0.112. The fourth-order valence-corrected chi connectivity index (χ4v) is 2.96. The molecule has 0 aliphatic heterocycles. The highest BCUT2D eigenvalue weighted by Gasteiger charge is 2.13. The van der Waals surface area contributed by atoms with Gasteiger partial charge in [0, 0.05) is 11.3 Å². The van der Waals surface area contributed by atoms with E-state index in [9.17, 15) is 9.59 Å². The van der Waals surface area contributed by atoms with Crippen molar-refractivity contribution in [3.8, 4) is 11.1 Å².